The molecule has 2 aromatic heterocycles. The molecule has 0 aliphatic rings. The van der Waals surface area contributed by atoms with Gasteiger partial charge in [0, 0.05) is 34.9 Å². The molecule has 28 heavy (non-hydrogen) atoms. The number of nitrogens with zero attached hydrogens (tertiary/aromatic N) is 2. The van der Waals surface area contributed by atoms with Crippen molar-refractivity contribution >= 4 is 28.8 Å². The number of carbonyl (C=O) groups is 2. The number of amides is 2. The molecule has 0 saturated carbocycles. The van der Waals surface area contributed by atoms with Gasteiger partial charge in [0.15, 0.2) is 0 Å². The third-order valence-electron chi connectivity index (χ3n) is 3.90. The van der Waals surface area contributed by atoms with Gasteiger partial charge in [-0.15, -0.1) is 11.3 Å². The molecule has 0 unspecified atom stereocenters. The lowest BCUT2D eigenvalue weighted by molar-refractivity contribution is -0.136. The standard InChI is InChI=1S/C20H20N4O3S/c1-13(17-4-3-11-28-17)12-22-18(25)19(26)24-15-5-7-16(8-6-15)27-20-21-10-9-14(2)23-20/h3-11,13H,12H2,1-2H3,(H,22,25)(H,24,26)/t13-/m1/s1. The number of nitrogens with one attached hydrogen (secondary N) is 2. The van der Waals surface area contributed by atoms with Crippen LogP contribution in [-0.2, 0) is 9.59 Å². The highest BCUT2D eigenvalue weighted by atomic mass is 32.1. The van der Waals surface area contributed by atoms with Crippen LogP contribution in [0.15, 0.2) is 54.0 Å². The molecule has 144 valence electrons. The van der Waals surface area contributed by atoms with Crippen LogP contribution in [-0.4, -0.2) is 28.3 Å². The van der Waals surface area contributed by atoms with Crippen LogP contribution >= 0.6 is 11.3 Å². The Labute approximate surface area is 166 Å². The van der Waals surface area contributed by atoms with E-state index in [-0.39, 0.29) is 11.9 Å². The third-order valence-corrected chi connectivity index (χ3v) is 5.00. The van der Waals surface area contributed by atoms with Crippen molar-refractivity contribution in [1.82, 2.24) is 15.3 Å². The Morgan fingerprint density at radius 1 is 1.14 bits per heavy atom. The quantitative estimate of drug-likeness (QED) is 0.622. The molecular weight excluding hydrogens is 376 g/mol. The summed E-state index contributed by atoms with van der Waals surface area (Å²) in [4.78, 5) is 33.4. The van der Waals surface area contributed by atoms with Gasteiger partial charge < -0.3 is 15.4 Å². The number of benzene rings is 1. The van der Waals surface area contributed by atoms with E-state index in [4.69, 9.17) is 4.74 Å². The summed E-state index contributed by atoms with van der Waals surface area (Å²) in [5, 5.41) is 7.20. The zero-order valence-corrected chi connectivity index (χ0v) is 16.3. The fourth-order valence-electron chi connectivity index (χ4n) is 2.37. The molecule has 0 saturated heterocycles. The fraction of sp³-hybridized carbons (Fsp3) is 0.200. The highest BCUT2D eigenvalue weighted by Crippen LogP contribution is 2.21. The highest BCUT2D eigenvalue weighted by molar-refractivity contribution is 7.10. The summed E-state index contributed by atoms with van der Waals surface area (Å²) in [6.45, 7) is 4.25. The van der Waals surface area contributed by atoms with Crippen LogP contribution in [0, 0.1) is 6.92 Å². The second kappa shape index (κ2) is 9.09. The van der Waals surface area contributed by atoms with Crippen molar-refractivity contribution in [3.8, 4) is 11.8 Å². The summed E-state index contributed by atoms with van der Waals surface area (Å²) in [5.41, 5.74) is 1.29. The van der Waals surface area contributed by atoms with Gasteiger partial charge in [0.25, 0.3) is 0 Å². The molecule has 7 nitrogen and oxygen atoms in total. The molecule has 0 fully saturated rings. The SMILES string of the molecule is Cc1ccnc(Oc2ccc(NC(=O)C(=O)NC[C@@H](C)c3cccs3)cc2)n1. The largest absolute Gasteiger partial charge is 0.424 e. The van der Waals surface area contributed by atoms with Crippen LogP contribution in [0.5, 0.6) is 11.8 Å². The molecule has 2 heterocycles. The molecular formula is C20H20N4O3S. The minimum Gasteiger partial charge on any atom is -0.424 e. The summed E-state index contributed by atoms with van der Waals surface area (Å²) in [5.74, 6) is -0.708. The van der Waals surface area contributed by atoms with E-state index in [2.05, 4.69) is 20.6 Å². The van der Waals surface area contributed by atoms with E-state index in [0.717, 1.165) is 10.6 Å². The molecule has 0 aliphatic heterocycles. The number of rotatable bonds is 6. The van der Waals surface area contributed by atoms with Gasteiger partial charge in [-0.1, -0.05) is 13.0 Å². The zero-order valence-electron chi connectivity index (χ0n) is 15.5. The third kappa shape index (κ3) is 5.37. The second-order valence-electron chi connectivity index (χ2n) is 6.19. The van der Waals surface area contributed by atoms with Crippen molar-refractivity contribution in [2.45, 2.75) is 19.8 Å². The Bertz CT molecular complexity index is 942. The van der Waals surface area contributed by atoms with Gasteiger partial charge in [0.05, 0.1) is 0 Å². The van der Waals surface area contributed by atoms with Crippen LogP contribution in [0.4, 0.5) is 5.69 Å². The molecule has 1 atom stereocenters. The van der Waals surface area contributed by atoms with Crippen molar-refractivity contribution in [2.24, 2.45) is 0 Å². The van der Waals surface area contributed by atoms with Crippen molar-refractivity contribution < 1.29 is 14.3 Å². The van der Waals surface area contributed by atoms with E-state index in [1.165, 1.54) is 0 Å². The maximum absolute atomic E-state index is 12.1. The molecule has 0 spiro atoms. The topological polar surface area (TPSA) is 93.2 Å². The maximum Gasteiger partial charge on any atom is 0.322 e. The van der Waals surface area contributed by atoms with Crippen molar-refractivity contribution in [2.75, 3.05) is 11.9 Å². The van der Waals surface area contributed by atoms with E-state index >= 15 is 0 Å². The summed E-state index contributed by atoms with van der Waals surface area (Å²) in [6, 6.07) is 12.6. The first-order valence-corrected chi connectivity index (χ1v) is 9.59. The number of hydrogen-bond donors (Lipinski definition) is 2. The van der Waals surface area contributed by atoms with Gasteiger partial charge in [0.2, 0.25) is 0 Å². The number of anilines is 1. The average Bonchev–Trinajstić information content (AvgIpc) is 3.22. The molecule has 3 rings (SSSR count). The second-order valence-corrected chi connectivity index (χ2v) is 7.17. The van der Waals surface area contributed by atoms with Gasteiger partial charge in [-0.2, -0.15) is 0 Å². The Morgan fingerprint density at radius 2 is 1.93 bits per heavy atom. The zero-order chi connectivity index (χ0) is 19.9. The van der Waals surface area contributed by atoms with E-state index in [9.17, 15) is 9.59 Å². The van der Waals surface area contributed by atoms with Gasteiger partial charge in [0.1, 0.15) is 5.75 Å². The van der Waals surface area contributed by atoms with Crippen LogP contribution in [0.25, 0.3) is 0 Å². The van der Waals surface area contributed by atoms with Gasteiger partial charge >= 0.3 is 17.8 Å². The molecule has 8 heteroatoms. The van der Waals surface area contributed by atoms with Crippen LogP contribution < -0.4 is 15.4 Å². The Hall–Kier alpha value is -3.26. The van der Waals surface area contributed by atoms with E-state index < -0.39 is 11.8 Å². The summed E-state index contributed by atoms with van der Waals surface area (Å²) >= 11 is 1.62. The maximum atomic E-state index is 12.1. The summed E-state index contributed by atoms with van der Waals surface area (Å²) < 4.78 is 5.55. The molecule has 3 aromatic rings. The lowest BCUT2D eigenvalue weighted by Crippen LogP contribution is -2.37. The van der Waals surface area contributed by atoms with Gasteiger partial charge in [-0.25, -0.2) is 9.97 Å². The minimum atomic E-state index is -0.714. The van der Waals surface area contributed by atoms with Crippen LogP contribution in [0.3, 0.4) is 0 Å². The summed E-state index contributed by atoms with van der Waals surface area (Å²) in [6.07, 6.45) is 1.62. The number of hydrogen-bond acceptors (Lipinski definition) is 6. The average molecular weight is 396 g/mol. The molecule has 0 bridgehead atoms. The van der Waals surface area contributed by atoms with Crippen molar-refractivity contribution in [1.29, 1.82) is 0 Å². The van der Waals surface area contributed by atoms with E-state index in [0.29, 0.717) is 18.0 Å². The normalized spacial score (nSPS) is 11.5. The van der Waals surface area contributed by atoms with Crippen LogP contribution in [0.1, 0.15) is 23.4 Å². The predicted octanol–water partition coefficient (Wildman–Crippen LogP) is 3.50. The first-order valence-electron chi connectivity index (χ1n) is 8.71. The predicted molar refractivity (Wildman–Crippen MR) is 108 cm³/mol. The number of aromatic nitrogens is 2. The smallest absolute Gasteiger partial charge is 0.322 e. The minimum absolute atomic E-state index is 0.150. The fourth-order valence-corrected chi connectivity index (χ4v) is 3.16. The molecule has 2 amide bonds. The monoisotopic (exact) mass is 396 g/mol. The lowest BCUT2D eigenvalue weighted by Gasteiger charge is -2.11. The number of thiophene rings is 1. The van der Waals surface area contributed by atoms with Crippen molar-refractivity contribution in [3.63, 3.8) is 0 Å². The number of ether oxygens (including phenoxy) is 1. The Kier molecular flexibility index (Phi) is 6.33. The molecule has 0 radical (unpaired) electrons. The van der Waals surface area contributed by atoms with E-state index in [1.54, 1.807) is 47.9 Å². The number of aryl methyl sites for hydroxylation is 1. The lowest BCUT2D eigenvalue weighted by atomic mass is 10.1. The highest BCUT2D eigenvalue weighted by Gasteiger charge is 2.15. The molecule has 0 aliphatic carbocycles. The first-order chi connectivity index (χ1) is 13.5. The molecule has 2 N–H and O–H groups in total. The van der Waals surface area contributed by atoms with Gasteiger partial charge in [-0.05, 0) is 48.7 Å². The molecule has 1 aromatic carbocycles. The number of carbonyl (C=O) groups excluding carboxylic acids is 2. The Morgan fingerprint density at radius 3 is 2.61 bits per heavy atom. The van der Waals surface area contributed by atoms with Gasteiger partial charge in [-0.3, -0.25) is 9.59 Å². The first kappa shape index (κ1) is 19.5. The van der Waals surface area contributed by atoms with Crippen LogP contribution in [0.2, 0.25) is 0 Å². The van der Waals surface area contributed by atoms with Crippen molar-refractivity contribution in [3.05, 3.63) is 64.6 Å². The summed E-state index contributed by atoms with van der Waals surface area (Å²) in [7, 11) is 0. The van der Waals surface area contributed by atoms with E-state index in [1.807, 2.05) is 31.4 Å². The Balaban J connectivity index is 1.50.